The lowest BCUT2D eigenvalue weighted by Crippen LogP contribution is -2.49. The summed E-state index contributed by atoms with van der Waals surface area (Å²) in [5.41, 5.74) is 7.18. The lowest BCUT2D eigenvalue weighted by atomic mass is 9.64. The Labute approximate surface area is 138 Å². The van der Waals surface area contributed by atoms with E-state index in [9.17, 15) is 4.79 Å². The van der Waals surface area contributed by atoms with E-state index in [0.717, 1.165) is 30.7 Å². The van der Waals surface area contributed by atoms with Gasteiger partial charge in [0.15, 0.2) is 0 Å². The zero-order valence-electron chi connectivity index (χ0n) is 12.4. The summed E-state index contributed by atoms with van der Waals surface area (Å²) in [6.45, 7) is 2.71. The molecule has 1 aromatic carbocycles. The van der Waals surface area contributed by atoms with Crippen molar-refractivity contribution in [2.45, 2.75) is 50.5 Å². The number of nitrogens with two attached hydrogens (primary N) is 1. The van der Waals surface area contributed by atoms with Gasteiger partial charge in [-0.3, -0.25) is 4.79 Å². The van der Waals surface area contributed by atoms with E-state index in [1.807, 2.05) is 19.1 Å². The first-order valence-electron chi connectivity index (χ1n) is 7.37. The minimum Gasteiger partial charge on any atom is -0.354 e. The number of halogens is 2. The van der Waals surface area contributed by atoms with E-state index in [-0.39, 0.29) is 29.8 Å². The topological polar surface area (TPSA) is 55.1 Å². The van der Waals surface area contributed by atoms with Crippen LogP contribution in [0.5, 0.6) is 0 Å². The van der Waals surface area contributed by atoms with E-state index < -0.39 is 0 Å². The molecule has 1 aromatic rings. The standard InChI is InChI=1S/C16H23ClN2O.ClH/c1-2-4-14(18)15(20)19-11-16(9-3-10-16)12-5-7-13(17)8-6-12;/h5-8,14H,2-4,9-11,18H2,1H3,(H,19,20);1H. The highest BCUT2D eigenvalue weighted by Gasteiger charge is 2.39. The van der Waals surface area contributed by atoms with Gasteiger partial charge < -0.3 is 11.1 Å². The van der Waals surface area contributed by atoms with Gasteiger partial charge in [-0.05, 0) is 37.0 Å². The van der Waals surface area contributed by atoms with Crippen LogP contribution >= 0.6 is 24.0 Å². The molecule has 1 atom stereocenters. The zero-order valence-corrected chi connectivity index (χ0v) is 14.0. The molecule has 21 heavy (non-hydrogen) atoms. The van der Waals surface area contributed by atoms with E-state index >= 15 is 0 Å². The van der Waals surface area contributed by atoms with Crippen LogP contribution in [0, 0.1) is 0 Å². The van der Waals surface area contributed by atoms with E-state index in [4.69, 9.17) is 17.3 Å². The fraction of sp³-hybridized carbons (Fsp3) is 0.562. The van der Waals surface area contributed by atoms with Crippen LogP contribution in [0.4, 0.5) is 0 Å². The molecule has 1 aliphatic rings. The largest absolute Gasteiger partial charge is 0.354 e. The molecule has 1 amide bonds. The van der Waals surface area contributed by atoms with E-state index in [0.29, 0.717) is 6.54 Å². The monoisotopic (exact) mass is 330 g/mol. The first kappa shape index (κ1) is 18.3. The molecule has 5 heteroatoms. The maximum atomic E-state index is 11.9. The number of hydrogen-bond donors (Lipinski definition) is 2. The Morgan fingerprint density at radius 2 is 2.00 bits per heavy atom. The first-order valence-corrected chi connectivity index (χ1v) is 7.74. The third-order valence-corrected chi connectivity index (χ3v) is 4.56. The average Bonchev–Trinajstić information content (AvgIpc) is 2.39. The smallest absolute Gasteiger partial charge is 0.236 e. The average molecular weight is 331 g/mol. The van der Waals surface area contributed by atoms with Crippen LogP contribution in [0.3, 0.4) is 0 Å². The van der Waals surface area contributed by atoms with Crippen molar-refractivity contribution in [3.05, 3.63) is 34.9 Å². The maximum Gasteiger partial charge on any atom is 0.236 e. The number of amides is 1. The molecule has 0 heterocycles. The summed E-state index contributed by atoms with van der Waals surface area (Å²) >= 11 is 5.94. The molecule has 0 radical (unpaired) electrons. The van der Waals surface area contributed by atoms with Gasteiger partial charge in [-0.2, -0.15) is 0 Å². The number of hydrogen-bond acceptors (Lipinski definition) is 2. The number of carbonyl (C=O) groups excluding carboxylic acids is 1. The Morgan fingerprint density at radius 1 is 1.38 bits per heavy atom. The maximum absolute atomic E-state index is 11.9. The van der Waals surface area contributed by atoms with Crippen LogP contribution in [0.15, 0.2) is 24.3 Å². The van der Waals surface area contributed by atoms with Gasteiger partial charge in [-0.25, -0.2) is 0 Å². The molecule has 1 aliphatic carbocycles. The second kappa shape index (κ2) is 8.02. The predicted octanol–water partition coefficient (Wildman–Crippen LogP) is 3.43. The Morgan fingerprint density at radius 3 is 2.48 bits per heavy atom. The van der Waals surface area contributed by atoms with Crippen molar-refractivity contribution in [2.75, 3.05) is 6.54 Å². The Bertz CT molecular complexity index is 458. The zero-order chi connectivity index (χ0) is 14.6. The summed E-state index contributed by atoms with van der Waals surface area (Å²) in [6, 6.07) is 7.59. The number of benzene rings is 1. The summed E-state index contributed by atoms with van der Waals surface area (Å²) in [6.07, 6.45) is 5.09. The molecule has 1 saturated carbocycles. The van der Waals surface area contributed by atoms with Crippen LogP contribution in [0.2, 0.25) is 5.02 Å². The molecule has 0 aromatic heterocycles. The molecule has 118 valence electrons. The normalized spacial score (nSPS) is 17.3. The molecule has 0 aliphatic heterocycles. The molecule has 2 rings (SSSR count). The van der Waals surface area contributed by atoms with E-state index in [2.05, 4.69) is 17.4 Å². The number of rotatable bonds is 6. The van der Waals surface area contributed by atoms with Crippen molar-refractivity contribution in [3.8, 4) is 0 Å². The van der Waals surface area contributed by atoms with Crippen molar-refractivity contribution in [1.82, 2.24) is 5.32 Å². The van der Waals surface area contributed by atoms with Crippen LogP contribution in [0.25, 0.3) is 0 Å². The number of carbonyl (C=O) groups is 1. The SMILES string of the molecule is CCCC(N)C(=O)NCC1(c2ccc(Cl)cc2)CCC1.Cl. The van der Waals surface area contributed by atoms with Gasteiger partial charge in [0.05, 0.1) is 6.04 Å². The van der Waals surface area contributed by atoms with Crippen molar-refractivity contribution in [2.24, 2.45) is 5.73 Å². The molecule has 0 saturated heterocycles. The van der Waals surface area contributed by atoms with Crippen molar-refractivity contribution in [1.29, 1.82) is 0 Å². The van der Waals surface area contributed by atoms with Gasteiger partial charge in [-0.15, -0.1) is 12.4 Å². The van der Waals surface area contributed by atoms with Gasteiger partial charge in [0.25, 0.3) is 0 Å². The van der Waals surface area contributed by atoms with Gasteiger partial charge in [-0.1, -0.05) is 43.5 Å². The fourth-order valence-corrected chi connectivity index (χ4v) is 2.93. The first-order chi connectivity index (χ1) is 9.57. The highest BCUT2D eigenvalue weighted by atomic mass is 35.5. The third-order valence-electron chi connectivity index (χ3n) is 4.30. The highest BCUT2D eigenvalue weighted by molar-refractivity contribution is 6.30. The molecular formula is C16H24Cl2N2O. The molecular weight excluding hydrogens is 307 g/mol. The summed E-state index contributed by atoms with van der Waals surface area (Å²) < 4.78 is 0. The van der Waals surface area contributed by atoms with Crippen molar-refractivity contribution >= 4 is 29.9 Å². The quantitative estimate of drug-likeness (QED) is 0.839. The molecule has 0 bridgehead atoms. The number of nitrogens with one attached hydrogen (secondary N) is 1. The summed E-state index contributed by atoms with van der Waals surface area (Å²) in [4.78, 5) is 11.9. The minimum atomic E-state index is -0.387. The lowest BCUT2D eigenvalue weighted by molar-refractivity contribution is -0.123. The molecule has 3 N–H and O–H groups in total. The van der Waals surface area contributed by atoms with Crippen LogP contribution in [0.1, 0.15) is 44.6 Å². The summed E-state index contributed by atoms with van der Waals surface area (Å²) in [5, 5.41) is 3.77. The third kappa shape index (κ3) is 4.35. The summed E-state index contributed by atoms with van der Waals surface area (Å²) in [7, 11) is 0. The van der Waals surface area contributed by atoms with Gasteiger partial charge in [0.2, 0.25) is 5.91 Å². The highest BCUT2D eigenvalue weighted by Crippen LogP contribution is 2.43. The predicted molar refractivity (Wildman–Crippen MR) is 90.1 cm³/mol. The van der Waals surface area contributed by atoms with Crippen LogP contribution < -0.4 is 11.1 Å². The Kier molecular flexibility index (Phi) is 6.98. The lowest BCUT2D eigenvalue weighted by Gasteiger charge is -2.42. The van der Waals surface area contributed by atoms with E-state index in [1.165, 1.54) is 12.0 Å². The van der Waals surface area contributed by atoms with E-state index in [1.54, 1.807) is 0 Å². The Balaban J connectivity index is 0.00000220. The van der Waals surface area contributed by atoms with Crippen LogP contribution in [-0.2, 0) is 10.2 Å². The molecule has 3 nitrogen and oxygen atoms in total. The van der Waals surface area contributed by atoms with Gasteiger partial charge in [0, 0.05) is 17.0 Å². The van der Waals surface area contributed by atoms with Gasteiger partial charge >= 0.3 is 0 Å². The van der Waals surface area contributed by atoms with Crippen LogP contribution in [-0.4, -0.2) is 18.5 Å². The van der Waals surface area contributed by atoms with Crippen molar-refractivity contribution < 1.29 is 4.79 Å². The molecule has 1 unspecified atom stereocenters. The second-order valence-corrected chi connectivity index (χ2v) is 6.19. The molecule has 1 fully saturated rings. The minimum absolute atomic E-state index is 0. The van der Waals surface area contributed by atoms with Crippen molar-refractivity contribution in [3.63, 3.8) is 0 Å². The second-order valence-electron chi connectivity index (χ2n) is 5.75. The Hall–Kier alpha value is -0.770. The van der Waals surface area contributed by atoms with Gasteiger partial charge in [0.1, 0.15) is 0 Å². The fourth-order valence-electron chi connectivity index (χ4n) is 2.80. The summed E-state index contributed by atoms with van der Waals surface area (Å²) in [5.74, 6) is -0.0351. The molecule has 0 spiro atoms.